The highest BCUT2D eigenvalue weighted by Gasteiger charge is 2.24. The number of likely N-dealkylation sites (N-methyl/N-ethyl adjacent to an activating group) is 1. The lowest BCUT2D eigenvalue weighted by Crippen LogP contribution is -3.00. The Balaban J connectivity index is 0.00000400. The Hall–Kier alpha value is -0.820. The van der Waals surface area contributed by atoms with Gasteiger partial charge in [-0.2, -0.15) is 0 Å². The summed E-state index contributed by atoms with van der Waals surface area (Å²) in [4.78, 5) is 10.8. The molecule has 1 aromatic carbocycles. The molecule has 0 radical (unpaired) electrons. The van der Waals surface area contributed by atoms with Crippen LogP contribution < -0.4 is 28.7 Å². The molecule has 0 saturated heterocycles. The number of aryl methyl sites for hydroxylation is 1. The minimum atomic E-state index is -0.728. The second-order valence-electron chi connectivity index (χ2n) is 5.23. The van der Waals surface area contributed by atoms with E-state index in [-0.39, 0.29) is 30.4 Å². The van der Waals surface area contributed by atoms with E-state index in [1.165, 1.54) is 5.56 Å². The molecular formula is C16H26INO3. The number of carboxylic acid groups (broad SMARTS) is 1. The lowest BCUT2D eigenvalue weighted by Gasteiger charge is -2.36. The van der Waals surface area contributed by atoms with Gasteiger partial charge in [-0.1, -0.05) is 12.1 Å². The van der Waals surface area contributed by atoms with Crippen LogP contribution in [-0.4, -0.2) is 48.3 Å². The second kappa shape index (κ2) is 10.00. The van der Waals surface area contributed by atoms with E-state index < -0.39 is 5.97 Å². The van der Waals surface area contributed by atoms with E-state index in [0.717, 1.165) is 29.9 Å². The fourth-order valence-electron chi connectivity index (χ4n) is 2.36. The van der Waals surface area contributed by atoms with Gasteiger partial charge in [-0.25, -0.2) is 0 Å². The molecule has 0 atom stereocenters. The minimum absolute atomic E-state index is 0. The van der Waals surface area contributed by atoms with Gasteiger partial charge in [-0.3, -0.25) is 4.79 Å². The standard InChI is InChI=1S/C16H25NO3.HI/c1-4-17(5-2,10-9-16(18)19)11-12-20-15-8-6-7-14(3)13-15;/h6-8,13H,4-5,9-12H2,1-3H3;1H. The molecule has 0 aliphatic carbocycles. The smallest absolute Gasteiger partial charge is 0.309 e. The molecule has 0 unspecified atom stereocenters. The normalized spacial score (nSPS) is 10.8. The van der Waals surface area contributed by atoms with Crippen LogP contribution in [0, 0.1) is 6.92 Å². The van der Waals surface area contributed by atoms with Crippen LogP contribution in [0.25, 0.3) is 0 Å². The van der Waals surface area contributed by atoms with Crippen molar-refractivity contribution in [2.75, 3.05) is 32.8 Å². The van der Waals surface area contributed by atoms with Gasteiger partial charge < -0.3 is 38.3 Å². The molecule has 0 aliphatic rings. The Labute approximate surface area is 144 Å². The Morgan fingerprint density at radius 3 is 2.43 bits per heavy atom. The zero-order valence-corrected chi connectivity index (χ0v) is 15.3. The summed E-state index contributed by atoms with van der Waals surface area (Å²) >= 11 is 0. The van der Waals surface area contributed by atoms with Crippen LogP contribution >= 0.6 is 0 Å². The highest BCUT2D eigenvalue weighted by atomic mass is 127. The van der Waals surface area contributed by atoms with Crippen molar-refractivity contribution in [2.24, 2.45) is 0 Å². The maximum absolute atomic E-state index is 10.8. The average Bonchev–Trinajstić information content (AvgIpc) is 2.43. The summed E-state index contributed by atoms with van der Waals surface area (Å²) in [6.07, 6.45) is 0.214. The van der Waals surface area contributed by atoms with E-state index >= 15 is 0 Å². The van der Waals surface area contributed by atoms with E-state index in [1.807, 2.05) is 31.2 Å². The number of quaternary nitrogens is 1. The van der Waals surface area contributed by atoms with E-state index in [2.05, 4.69) is 13.8 Å². The number of carboxylic acids is 1. The summed E-state index contributed by atoms with van der Waals surface area (Å²) in [7, 11) is 0. The average molecular weight is 407 g/mol. The number of ether oxygens (including phenoxy) is 1. The van der Waals surface area contributed by atoms with Gasteiger partial charge in [-0.05, 0) is 38.5 Å². The van der Waals surface area contributed by atoms with Crippen LogP contribution in [0.1, 0.15) is 25.8 Å². The third-order valence-corrected chi connectivity index (χ3v) is 3.97. The Bertz CT molecular complexity index is 433. The van der Waals surface area contributed by atoms with Crippen molar-refractivity contribution in [3.05, 3.63) is 29.8 Å². The molecule has 1 N–H and O–H groups in total. The lowest BCUT2D eigenvalue weighted by atomic mass is 10.2. The molecule has 0 saturated carbocycles. The molecule has 4 nitrogen and oxygen atoms in total. The number of rotatable bonds is 9. The summed E-state index contributed by atoms with van der Waals surface area (Å²) in [6, 6.07) is 8.00. The van der Waals surface area contributed by atoms with Crippen LogP contribution in [0.2, 0.25) is 0 Å². The number of halogens is 1. The first-order valence-electron chi connectivity index (χ1n) is 7.27. The van der Waals surface area contributed by atoms with Crippen molar-refractivity contribution >= 4 is 5.97 Å². The molecule has 0 heterocycles. The first-order chi connectivity index (χ1) is 9.51. The molecule has 1 aromatic rings. The summed E-state index contributed by atoms with van der Waals surface area (Å²) in [6.45, 7) is 10.2. The van der Waals surface area contributed by atoms with Crippen LogP contribution in [0.5, 0.6) is 5.75 Å². The molecule has 0 aliphatic heterocycles. The number of carbonyl (C=O) groups is 1. The molecule has 0 aromatic heterocycles. The first kappa shape index (κ1) is 20.2. The van der Waals surface area contributed by atoms with E-state index in [4.69, 9.17) is 9.84 Å². The Kier molecular flexibility index (Phi) is 9.61. The lowest BCUT2D eigenvalue weighted by molar-refractivity contribution is -0.924. The van der Waals surface area contributed by atoms with Gasteiger partial charge in [0.15, 0.2) is 0 Å². The number of benzene rings is 1. The largest absolute Gasteiger partial charge is 1.00 e. The van der Waals surface area contributed by atoms with Crippen molar-refractivity contribution < 1.29 is 43.1 Å². The zero-order valence-electron chi connectivity index (χ0n) is 13.1. The number of aliphatic carboxylic acids is 1. The van der Waals surface area contributed by atoms with E-state index in [9.17, 15) is 4.79 Å². The predicted octanol–water partition coefficient (Wildman–Crippen LogP) is -0.291. The van der Waals surface area contributed by atoms with Crippen LogP contribution in [-0.2, 0) is 4.79 Å². The fourth-order valence-corrected chi connectivity index (χ4v) is 2.36. The summed E-state index contributed by atoms with van der Waals surface area (Å²) in [5.41, 5.74) is 1.18. The van der Waals surface area contributed by atoms with Gasteiger partial charge in [0.1, 0.15) is 18.9 Å². The predicted molar refractivity (Wildman–Crippen MR) is 80.0 cm³/mol. The van der Waals surface area contributed by atoms with Gasteiger partial charge in [0.2, 0.25) is 0 Å². The summed E-state index contributed by atoms with van der Waals surface area (Å²) in [5, 5.41) is 8.86. The van der Waals surface area contributed by atoms with Gasteiger partial charge in [0.25, 0.3) is 0 Å². The number of hydrogen-bond acceptors (Lipinski definition) is 2. The van der Waals surface area contributed by atoms with Crippen molar-refractivity contribution in [1.82, 2.24) is 0 Å². The van der Waals surface area contributed by atoms with E-state index in [0.29, 0.717) is 13.2 Å². The van der Waals surface area contributed by atoms with Crippen molar-refractivity contribution in [3.8, 4) is 5.75 Å². The molecule has 0 bridgehead atoms. The molecule has 0 spiro atoms. The monoisotopic (exact) mass is 407 g/mol. The quantitative estimate of drug-likeness (QED) is 0.452. The zero-order chi connectivity index (χ0) is 15.0. The van der Waals surface area contributed by atoms with Gasteiger partial charge in [0, 0.05) is 0 Å². The molecular weight excluding hydrogens is 381 g/mol. The molecule has 5 heteroatoms. The molecule has 120 valence electrons. The summed E-state index contributed by atoms with van der Waals surface area (Å²) < 4.78 is 6.58. The minimum Gasteiger partial charge on any atom is -1.00 e. The molecule has 0 fully saturated rings. The Morgan fingerprint density at radius 2 is 1.90 bits per heavy atom. The van der Waals surface area contributed by atoms with E-state index in [1.54, 1.807) is 0 Å². The van der Waals surface area contributed by atoms with Crippen molar-refractivity contribution in [3.63, 3.8) is 0 Å². The van der Waals surface area contributed by atoms with Crippen LogP contribution in [0.4, 0.5) is 0 Å². The third kappa shape index (κ3) is 7.13. The van der Waals surface area contributed by atoms with Crippen LogP contribution in [0.15, 0.2) is 24.3 Å². The maximum Gasteiger partial charge on any atom is 0.309 e. The summed E-state index contributed by atoms with van der Waals surface area (Å²) in [5.74, 6) is 0.155. The van der Waals surface area contributed by atoms with Crippen LogP contribution in [0.3, 0.4) is 0 Å². The number of hydrogen-bond donors (Lipinski definition) is 1. The molecule has 1 rings (SSSR count). The Morgan fingerprint density at radius 1 is 1.24 bits per heavy atom. The molecule has 0 amide bonds. The first-order valence-corrected chi connectivity index (χ1v) is 7.27. The van der Waals surface area contributed by atoms with Crippen molar-refractivity contribution in [1.29, 1.82) is 0 Å². The second-order valence-corrected chi connectivity index (χ2v) is 5.23. The highest BCUT2D eigenvalue weighted by Crippen LogP contribution is 2.14. The third-order valence-electron chi connectivity index (χ3n) is 3.97. The maximum atomic E-state index is 10.8. The highest BCUT2D eigenvalue weighted by molar-refractivity contribution is 5.66. The van der Waals surface area contributed by atoms with Crippen molar-refractivity contribution in [2.45, 2.75) is 27.2 Å². The van der Waals surface area contributed by atoms with Gasteiger partial charge in [-0.15, -0.1) is 0 Å². The van der Waals surface area contributed by atoms with Gasteiger partial charge >= 0.3 is 5.97 Å². The molecule has 21 heavy (non-hydrogen) atoms. The SMILES string of the molecule is CC[N+](CC)(CCOc1cccc(C)c1)CCC(=O)O.[I-]. The fraction of sp³-hybridized carbons (Fsp3) is 0.562. The topological polar surface area (TPSA) is 46.5 Å². The van der Waals surface area contributed by atoms with Gasteiger partial charge in [0.05, 0.1) is 26.1 Å². The number of nitrogens with zero attached hydrogens (tertiary/aromatic N) is 1.